The first kappa shape index (κ1) is 15.2. The van der Waals surface area contributed by atoms with E-state index in [1.54, 1.807) is 29.5 Å². The highest BCUT2D eigenvalue weighted by atomic mass is 79.9. The van der Waals surface area contributed by atoms with Crippen LogP contribution in [0.3, 0.4) is 0 Å². The van der Waals surface area contributed by atoms with Gasteiger partial charge in [-0.05, 0) is 48.1 Å². The maximum atomic E-state index is 13.5. The molecule has 0 aliphatic carbocycles. The maximum absolute atomic E-state index is 13.5. The summed E-state index contributed by atoms with van der Waals surface area (Å²) >= 11 is 8.41. The van der Waals surface area contributed by atoms with Crippen molar-refractivity contribution in [1.29, 1.82) is 0 Å². The third-order valence-corrected chi connectivity index (χ3v) is 4.26. The molecular formula is C13H15BrFN3OS. The Morgan fingerprint density at radius 1 is 1.60 bits per heavy atom. The molecule has 0 bridgehead atoms. The highest BCUT2D eigenvalue weighted by molar-refractivity contribution is 9.10. The Hall–Kier alpha value is -1.21. The van der Waals surface area contributed by atoms with Gasteiger partial charge in [-0.2, -0.15) is 0 Å². The van der Waals surface area contributed by atoms with E-state index in [1.807, 2.05) is 6.92 Å². The number of carbonyl (C=O) groups is 1. The molecule has 0 saturated carbocycles. The first-order chi connectivity index (χ1) is 9.36. The highest BCUT2D eigenvalue weighted by Crippen LogP contribution is 2.26. The zero-order valence-corrected chi connectivity index (χ0v) is 13.8. The van der Waals surface area contributed by atoms with Crippen molar-refractivity contribution in [2.75, 3.05) is 13.6 Å². The third kappa shape index (κ3) is 2.52. The van der Waals surface area contributed by atoms with Gasteiger partial charge in [-0.15, -0.1) is 0 Å². The van der Waals surface area contributed by atoms with Crippen LogP contribution in [0.4, 0.5) is 4.39 Å². The van der Waals surface area contributed by atoms with Crippen LogP contribution in [0.15, 0.2) is 16.6 Å². The average molecular weight is 360 g/mol. The van der Waals surface area contributed by atoms with E-state index in [0.29, 0.717) is 26.8 Å². The zero-order valence-electron chi connectivity index (χ0n) is 11.4. The number of imidazole rings is 1. The monoisotopic (exact) mass is 359 g/mol. The SMILES string of the molecule is CCN(C)C(=O)C(C)n1c(=S)[nH]c2cc(F)c(Br)cc21. The lowest BCUT2D eigenvalue weighted by atomic mass is 10.2. The van der Waals surface area contributed by atoms with E-state index in [4.69, 9.17) is 12.2 Å². The number of nitrogens with one attached hydrogen (secondary N) is 1. The number of aromatic amines is 1. The van der Waals surface area contributed by atoms with Crippen molar-refractivity contribution in [1.82, 2.24) is 14.5 Å². The minimum atomic E-state index is -0.446. The zero-order chi connectivity index (χ0) is 15.0. The van der Waals surface area contributed by atoms with Crippen LogP contribution < -0.4 is 0 Å². The Morgan fingerprint density at radius 2 is 2.25 bits per heavy atom. The van der Waals surface area contributed by atoms with Crippen LogP contribution in [0.25, 0.3) is 11.0 Å². The minimum absolute atomic E-state index is 0.0371. The minimum Gasteiger partial charge on any atom is -0.344 e. The van der Waals surface area contributed by atoms with Gasteiger partial charge in [0.15, 0.2) is 4.77 Å². The lowest BCUT2D eigenvalue weighted by Gasteiger charge is -2.21. The number of H-pyrrole nitrogens is 1. The number of halogens is 2. The smallest absolute Gasteiger partial charge is 0.245 e. The van der Waals surface area contributed by atoms with Crippen molar-refractivity contribution in [3.05, 3.63) is 27.2 Å². The van der Waals surface area contributed by atoms with Gasteiger partial charge in [0, 0.05) is 19.7 Å². The third-order valence-electron chi connectivity index (χ3n) is 3.35. The summed E-state index contributed by atoms with van der Waals surface area (Å²) in [6.07, 6.45) is 0. The van der Waals surface area contributed by atoms with Crippen molar-refractivity contribution in [3.8, 4) is 0 Å². The lowest BCUT2D eigenvalue weighted by molar-refractivity contribution is -0.132. The first-order valence-corrected chi connectivity index (χ1v) is 7.41. The van der Waals surface area contributed by atoms with Crippen LogP contribution in [-0.4, -0.2) is 34.0 Å². The standard InChI is InChI=1S/C13H15BrFN3OS/c1-4-17(3)12(19)7(2)18-11-5-8(14)9(15)6-10(11)16-13(18)20/h5-7H,4H2,1-3H3,(H,16,20). The average Bonchev–Trinajstić information content (AvgIpc) is 2.72. The Labute approximate surface area is 129 Å². The second-order valence-corrected chi connectivity index (χ2v) is 5.85. The van der Waals surface area contributed by atoms with Crippen molar-refractivity contribution in [3.63, 3.8) is 0 Å². The molecule has 2 rings (SSSR count). The van der Waals surface area contributed by atoms with E-state index < -0.39 is 6.04 Å². The number of amides is 1. The van der Waals surface area contributed by atoms with Crippen molar-refractivity contribution in [2.45, 2.75) is 19.9 Å². The fraction of sp³-hybridized carbons (Fsp3) is 0.385. The Balaban J connectivity index is 2.59. The Kier molecular flexibility index (Phi) is 4.29. The normalized spacial score (nSPS) is 12.7. The first-order valence-electron chi connectivity index (χ1n) is 6.21. The van der Waals surface area contributed by atoms with Crippen LogP contribution in [0.5, 0.6) is 0 Å². The number of hydrogen-bond acceptors (Lipinski definition) is 2. The van der Waals surface area contributed by atoms with E-state index in [-0.39, 0.29) is 11.7 Å². The number of aromatic nitrogens is 2. The summed E-state index contributed by atoms with van der Waals surface area (Å²) in [5.41, 5.74) is 1.28. The molecule has 1 amide bonds. The molecule has 0 saturated heterocycles. The van der Waals surface area contributed by atoms with Crippen LogP contribution in [0, 0.1) is 10.6 Å². The van der Waals surface area contributed by atoms with Crippen LogP contribution in [0.2, 0.25) is 0 Å². The van der Waals surface area contributed by atoms with Gasteiger partial charge >= 0.3 is 0 Å². The highest BCUT2D eigenvalue weighted by Gasteiger charge is 2.21. The number of rotatable bonds is 3. The maximum Gasteiger partial charge on any atom is 0.245 e. The van der Waals surface area contributed by atoms with Gasteiger partial charge in [-0.25, -0.2) is 4.39 Å². The molecule has 1 heterocycles. The van der Waals surface area contributed by atoms with Gasteiger partial charge < -0.3 is 14.5 Å². The van der Waals surface area contributed by atoms with E-state index >= 15 is 0 Å². The van der Waals surface area contributed by atoms with E-state index in [0.717, 1.165) is 0 Å². The molecule has 0 aliphatic rings. The molecule has 1 atom stereocenters. The topological polar surface area (TPSA) is 41.0 Å². The molecule has 20 heavy (non-hydrogen) atoms. The largest absolute Gasteiger partial charge is 0.344 e. The summed E-state index contributed by atoms with van der Waals surface area (Å²) in [4.78, 5) is 16.8. The number of nitrogens with zero attached hydrogens (tertiary/aromatic N) is 2. The summed E-state index contributed by atoms with van der Waals surface area (Å²) in [6, 6.07) is 2.55. The summed E-state index contributed by atoms with van der Waals surface area (Å²) in [6.45, 7) is 4.32. The van der Waals surface area contributed by atoms with Crippen molar-refractivity contribution < 1.29 is 9.18 Å². The molecule has 0 radical (unpaired) electrons. The molecule has 0 spiro atoms. The quantitative estimate of drug-likeness (QED) is 0.850. The van der Waals surface area contributed by atoms with Gasteiger partial charge in [-0.3, -0.25) is 4.79 Å². The molecule has 2 aromatic rings. The Bertz CT molecular complexity index is 724. The number of fused-ring (bicyclic) bond motifs is 1. The summed E-state index contributed by atoms with van der Waals surface area (Å²) < 4.78 is 16.0. The predicted octanol–water partition coefficient (Wildman–Crippen LogP) is 3.64. The fourth-order valence-electron chi connectivity index (χ4n) is 2.09. The number of hydrogen-bond donors (Lipinski definition) is 1. The van der Waals surface area contributed by atoms with Gasteiger partial charge in [0.2, 0.25) is 5.91 Å². The van der Waals surface area contributed by atoms with Crippen LogP contribution in [-0.2, 0) is 4.79 Å². The Morgan fingerprint density at radius 3 is 2.85 bits per heavy atom. The second kappa shape index (κ2) is 5.65. The second-order valence-electron chi connectivity index (χ2n) is 4.61. The molecule has 4 nitrogen and oxygen atoms in total. The van der Waals surface area contributed by atoms with E-state index in [9.17, 15) is 9.18 Å². The number of benzene rings is 1. The number of likely N-dealkylation sites (N-methyl/N-ethyl adjacent to an activating group) is 1. The van der Waals surface area contributed by atoms with Gasteiger partial charge in [0.1, 0.15) is 11.9 Å². The molecular weight excluding hydrogens is 345 g/mol. The van der Waals surface area contributed by atoms with Crippen LogP contribution in [0.1, 0.15) is 19.9 Å². The molecule has 108 valence electrons. The predicted molar refractivity (Wildman–Crippen MR) is 82.8 cm³/mol. The van der Waals surface area contributed by atoms with Gasteiger partial charge in [0.25, 0.3) is 0 Å². The molecule has 1 N–H and O–H groups in total. The molecule has 0 aliphatic heterocycles. The molecule has 1 unspecified atom stereocenters. The van der Waals surface area contributed by atoms with Crippen molar-refractivity contribution >= 4 is 45.1 Å². The summed E-state index contributed by atoms with van der Waals surface area (Å²) in [7, 11) is 1.74. The lowest BCUT2D eigenvalue weighted by Crippen LogP contribution is -2.32. The molecule has 0 fully saturated rings. The summed E-state index contributed by atoms with van der Waals surface area (Å²) in [5, 5.41) is 0. The molecule has 1 aromatic heterocycles. The van der Waals surface area contributed by atoms with Gasteiger partial charge in [0.05, 0.1) is 15.5 Å². The van der Waals surface area contributed by atoms with Crippen LogP contribution >= 0.6 is 28.1 Å². The van der Waals surface area contributed by atoms with E-state index in [1.165, 1.54) is 6.07 Å². The molecule has 1 aromatic carbocycles. The van der Waals surface area contributed by atoms with Crippen molar-refractivity contribution in [2.24, 2.45) is 0 Å². The van der Waals surface area contributed by atoms with E-state index in [2.05, 4.69) is 20.9 Å². The summed E-state index contributed by atoms with van der Waals surface area (Å²) in [5.74, 6) is -0.407. The van der Waals surface area contributed by atoms with Gasteiger partial charge in [-0.1, -0.05) is 0 Å². The molecule has 7 heteroatoms. The fourth-order valence-corrected chi connectivity index (χ4v) is 2.79. The number of carbonyl (C=O) groups excluding carboxylic acids is 1.